The van der Waals surface area contributed by atoms with Gasteiger partial charge in [-0.25, -0.2) is 18.8 Å². The van der Waals surface area contributed by atoms with Crippen LogP contribution in [0.5, 0.6) is 0 Å². The first kappa shape index (κ1) is 18.1. The van der Waals surface area contributed by atoms with Crippen molar-refractivity contribution in [3.8, 4) is 0 Å². The number of fused-ring (bicyclic) bond motifs is 1. The number of aliphatic imine (C=N–C) groups is 1. The van der Waals surface area contributed by atoms with E-state index in [0.717, 1.165) is 55.8 Å². The van der Waals surface area contributed by atoms with Gasteiger partial charge in [-0.2, -0.15) is 5.10 Å². The third-order valence-electron chi connectivity index (χ3n) is 5.61. The Morgan fingerprint density at radius 1 is 1.24 bits per heavy atom. The quantitative estimate of drug-likeness (QED) is 0.798. The van der Waals surface area contributed by atoms with Crippen LogP contribution in [-0.2, 0) is 13.6 Å². The van der Waals surface area contributed by atoms with E-state index in [1.165, 1.54) is 12.1 Å². The highest BCUT2D eigenvalue weighted by atomic mass is 19.1. The molecule has 0 saturated carbocycles. The molecule has 0 radical (unpaired) electrons. The van der Waals surface area contributed by atoms with Gasteiger partial charge in [0.25, 0.3) is 0 Å². The summed E-state index contributed by atoms with van der Waals surface area (Å²) >= 11 is 0. The molecular weight excluding hydrogens is 374 g/mol. The molecule has 150 valence electrons. The molecule has 0 amide bonds. The van der Waals surface area contributed by atoms with Gasteiger partial charge in [0.1, 0.15) is 23.3 Å². The molecule has 1 fully saturated rings. The second kappa shape index (κ2) is 7.11. The Labute approximate surface area is 168 Å². The Hall–Kier alpha value is -3.00. The molecule has 1 aromatic heterocycles. The highest BCUT2D eigenvalue weighted by Gasteiger charge is 2.33. The van der Waals surface area contributed by atoms with Crippen LogP contribution >= 0.6 is 0 Å². The fourth-order valence-electron chi connectivity index (χ4n) is 4.27. The van der Waals surface area contributed by atoms with E-state index in [9.17, 15) is 8.78 Å². The molecule has 0 spiro atoms. The number of hydrazine groups is 1. The van der Waals surface area contributed by atoms with Gasteiger partial charge in [0.05, 0.1) is 12.2 Å². The van der Waals surface area contributed by atoms with Crippen molar-refractivity contribution in [2.24, 2.45) is 12.0 Å². The summed E-state index contributed by atoms with van der Waals surface area (Å²) in [6, 6.07) is 3.47. The summed E-state index contributed by atoms with van der Waals surface area (Å²) in [7, 11) is 1.91. The lowest BCUT2D eigenvalue weighted by Crippen LogP contribution is -2.37. The van der Waals surface area contributed by atoms with E-state index in [1.807, 2.05) is 36.7 Å². The van der Waals surface area contributed by atoms with E-state index in [0.29, 0.717) is 5.56 Å². The minimum absolute atomic E-state index is 0.200. The third-order valence-corrected chi connectivity index (χ3v) is 5.61. The van der Waals surface area contributed by atoms with Gasteiger partial charge in [-0.1, -0.05) is 0 Å². The van der Waals surface area contributed by atoms with Crippen LogP contribution in [0, 0.1) is 11.6 Å². The number of halogens is 2. The first-order chi connectivity index (χ1) is 14.1. The average molecular weight is 396 g/mol. The SMILES string of the molecule is Cn1cc(CN2CC=C3N=C(N4CCC[C@@H]4c4cc(F)ccc4F)C=CN32)cn1. The van der Waals surface area contributed by atoms with Crippen LogP contribution < -0.4 is 0 Å². The number of nitrogens with zero attached hydrogens (tertiary/aromatic N) is 6. The second-order valence-corrected chi connectivity index (χ2v) is 7.58. The minimum atomic E-state index is -0.412. The molecule has 1 saturated heterocycles. The van der Waals surface area contributed by atoms with Crippen molar-refractivity contribution in [1.29, 1.82) is 0 Å². The van der Waals surface area contributed by atoms with E-state index < -0.39 is 5.82 Å². The van der Waals surface area contributed by atoms with Gasteiger partial charge in [-0.05, 0) is 43.2 Å². The number of benzene rings is 1. The molecule has 1 aromatic carbocycles. The summed E-state index contributed by atoms with van der Waals surface area (Å²) < 4.78 is 29.9. The summed E-state index contributed by atoms with van der Waals surface area (Å²) in [6.45, 7) is 2.27. The van der Waals surface area contributed by atoms with Crippen LogP contribution in [0.15, 0.2) is 59.8 Å². The van der Waals surface area contributed by atoms with E-state index in [1.54, 1.807) is 4.68 Å². The summed E-state index contributed by atoms with van der Waals surface area (Å²) in [4.78, 5) is 6.89. The number of likely N-dealkylation sites (tertiary alicyclic amines) is 1. The highest BCUT2D eigenvalue weighted by Crippen LogP contribution is 2.36. The fourth-order valence-corrected chi connectivity index (χ4v) is 4.27. The molecule has 0 aliphatic carbocycles. The van der Waals surface area contributed by atoms with E-state index >= 15 is 0 Å². The van der Waals surface area contributed by atoms with Crippen LogP contribution in [0.1, 0.15) is 30.0 Å². The van der Waals surface area contributed by atoms with Crippen LogP contribution in [0.4, 0.5) is 8.78 Å². The molecule has 0 unspecified atom stereocenters. The normalized spacial score (nSPS) is 21.6. The lowest BCUT2D eigenvalue weighted by atomic mass is 10.0. The summed E-state index contributed by atoms with van der Waals surface area (Å²) in [5, 5.41) is 8.43. The molecule has 29 heavy (non-hydrogen) atoms. The maximum Gasteiger partial charge on any atom is 0.146 e. The van der Waals surface area contributed by atoms with Crippen LogP contribution in [0.2, 0.25) is 0 Å². The van der Waals surface area contributed by atoms with Crippen molar-refractivity contribution >= 4 is 5.84 Å². The Kier molecular flexibility index (Phi) is 4.43. The van der Waals surface area contributed by atoms with Crippen molar-refractivity contribution in [2.75, 3.05) is 13.1 Å². The monoisotopic (exact) mass is 396 g/mol. The fraction of sp³-hybridized carbons (Fsp3) is 0.333. The van der Waals surface area contributed by atoms with Crippen molar-refractivity contribution in [3.05, 3.63) is 77.5 Å². The van der Waals surface area contributed by atoms with Gasteiger partial charge in [-0.15, -0.1) is 0 Å². The number of aromatic nitrogens is 2. The Morgan fingerprint density at radius 2 is 2.14 bits per heavy atom. The lowest BCUT2D eigenvalue weighted by molar-refractivity contribution is 0.0793. The van der Waals surface area contributed by atoms with Crippen LogP contribution in [0.25, 0.3) is 0 Å². The summed E-state index contributed by atoms with van der Waals surface area (Å²) in [5.74, 6) is 0.872. The molecule has 8 heteroatoms. The Balaban J connectivity index is 1.35. The average Bonchev–Trinajstić information content (AvgIpc) is 3.44. The first-order valence-corrected chi connectivity index (χ1v) is 9.79. The molecule has 3 aliphatic heterocycles. The highest BCUT2D eigenvalue weighted by molar-refractivity contribution is 5.95. The zero-order valence-electron chi connectivity index (χ0n) is 16.2. The van der Waals surface area contributed by atoms with E-state index in [2.05, 4.69) is 21.1 Å². The maximum absolute atomic E-state index is 14.4. The van der Waals surface area contributed by atoms with Gasteiger partial charge in [0.15, 0.2) is 0 Å². The molecule has 1 atom stereocenters. The van der Waals surface area contributed by atoms with Gasteiger partial charge in [-0.3, -0.25) is 9.69 Å². The maximum atomic E-state index is 14.4. The predicted octanol–water partition coefficient (Wildman–Crippen LogP) is 3.34. The summed E-state index contributed by atoms with van der Waals surface area (Å²) in [5.41, 5.74) is 1.53. The molecule has 0 bridgehead atoms. The molecule has 3 aliphatic rings. The van der Waals surface area contributed by atoms with Crippen molar-refractivity contribution in [1.82, 2.24) is 24.7 Å². The number of rotatable bonds is 3. The zero-order chi connectivity index (χ0) is 20.0. The first-order valence-electron chi connectivity index (χ1n) is 9.79. The molecule has 4 heterocycles. The number of amidine groups is 1. The van der Waals surface area contributed by atoms with Crippen LogP contribution in [-0.4, -0.2) is 43.6 Å². The van der Waals surface area contributed by atoms with Gasteiger partial charge in [0.2, 0.25) is 0 Å². The molecule has 5 rings (SSSR count). The van der Waals surface area contributed by atoms with Crippen molar-refractivity contribution in [3.63, 3.8) is 0 Å². The van der Waals surface area contributed by atoms with Crippen molar-refractivity contribution in [2.45, 2.75) is 25.4 Å². The minimum Gasteiger partial charge on any atom is -0.349 e. The smallest absolute Gasteiger partial charge is 0.146 e. The summed E-state index contributed by atoms with van der Waals surface area (Å²) in [6.07, 6.45) is 11.6. The van der Waals surface area contributed by atoms with Crippen LogP contribution in [0.3, 0.4) is 0 Å². The molecule has 0 N–H and O–H groups in total. The Morgan fingerprint density at radius 3 is 2.97 bits per heavy atom. The third kappa shape index (κ3) is 3.33. The number of aryl methyl sites for hydroxylation is 1. The van der Waals surface area contributed by atoms with E-state index in [-0.39, 0.29) is 11.9 Å². The molecule has 6 nitrogen and oxygen atoms in total. The topological polar surface area (TPSA) is 39.9 Å². The lowest BCUT2D eigenvalue weighted by Gasteiger charge is -2.33. The van der Waals surface area contributed by atoms with Gasteiger partial charge < -0.3 is 4.90 Å². The van der Waals surface area contributed by atoms with Gasteiger partial charge >= 0.3 is 0 Å². The molecule has 2 aromatic rings. The largest absolute Gasteiger partial charge is 0.349 e. The zero-order valence-corrected chi connectivity index (χ0v) is 16.2. The number of hydrogen-bond acceptors (Lipinski definition) is 5. The van der Waals surface area contributed by atoms with Crippen molar-refractivity contribution < 1.29 is 8.78 Å². The second-order valence-electron chi connectivity index (χ2n) is 7.58. The molecular formula is C21H22F2N6. The standard InChI is InChI=1S/C21H22F2N6/c1-26-13-15(12-24-26)14-27-9-6-21-25-20(7-10-29(21)27)28-8-2-3-19(28)17-11-16(22)4-5-18(17)23/h4-7,10-13,19H,2-3,8-9,14H2,1H3/t19-/m1/s1. The van der Waals surface area contributed by atoms with Gasteiger partial charge in [0, 0.05) is 50.2 Å². The number of hydrogen-bond donors (Lipinski definition) is 0. The Bertz CT molecular complexity index is 1020. The van der Waals surface area contributed by atoms with E-state index in [4.69, 9.17) is 4.99 Å². The predicted molar refractivity (Wildman–Crippen MR) is 105 cm³/mol.